The topological polar surface area (TPSA) is 92.3 Å². The van der Waals surface area contributed by atoms with E-state index < -0.39 is 0 Å². The molecule has 3 atom stereocenters. The summed E-state index contributed by atoms with van der Waals surface area (Å²) >= 11 is 0. The number of benzene rings is 2. The summed E-state index contributed by atoms with van der Waals surface area (Å²) in [4.78, 5) is 28.8. The first-order valence-corrected chi connectivity index (χ1v) is 14.0. The van der Waals surface area contributed by atoms with Crippen molar-refractivity contribution in [2.45, 2.75) is 51.1 Å². The Hall–Kier alpha value is -4.04. The lowest BCUT2D eigenvalue weighted by Gasteiger charge is -2.44. The van der Waals surface area contributed by atoms with Gasteiger partial charge in [-0.1, -0.05) is 30.7 Å². The molecule has 2 aromatic carbocycles. The molecule has 1 amide bonds. The monoisotopic (exact) mass is 520 g/mol. The normalized spacial score (nSPS) is 22.4. The molecular formula is C31H32N6O2. The lowest BCUT2D eigenvalue weighted by Crippen LogP contribution is -2.58. The van der Waals surface area contributed by atoms with Gasteiger partial charge < -0.3 is 20.3 Å². The van der Waals surface area contributed by atoms with E-state index in [0.29, 0.717) is 23.9 Å². The summed E-state index contributed by atoms with van der Waals surface area (Å²) in [6.45, 7) is 4.00. The van der Waals surface area contributed by atoms with Gasteiger partial charge in [-0.15, -0.1) is 0 Å². The van der Waals surface area contributed by atoms with Crippen molar-refractivity contribution in [3.63, 3.8) is 0 Å². The summed E-state index contributed by atoms with van der Waals surface area (Å²) in [5.41, 5.74) is 3.51. The molecule has 0 bridgehead atoms. The number of carbonyl (C=O) groups excluding carboxylic acids is 1. The van der Waals surface area contributed by atoms with Gasteiger partial charge in [-0.05, 0) is 69.0 Å². The van der Waals surface area contributed by atoms with Gasteiger partial charge in [0.05, 0.1) is 22.9 Å². The Labute approximate surface area is 227 Å². The van der Waals surface area contributed by atoms with Gasteiger partial charge in [0, 0.05) is 41.8 Å². The lowest BCUT2D eigenvalue weighted by atomic mass is 9.89. The predicted molar refractivity (Wildman–Crippen MR) is 152 cm³/mol. The lowest BCUT2D eigenvalue weighted by molar-refractivity contribution is -0.128. The number of β-lactam (4-membered cyclic amide) rings is 1. The molecule has 4 aromatic rings. The number of pyridine rings is 1. The molecule has 8 nitrogen and oxygen atoms in total. The molecule has 1 aliphatic carbocycles. The molecule has 3 aliphatic rings. The van der Waals surface area contributed by atoms with Gasteiger partial charge in [-0.25, -0.2) is 15.0 Å². The van der Waals surface area contributed by atoms with Crippen molar-refractivity contribution >= 4 is 28.3 Å². The first-order chi connectivity index (χ1) is 19.2. The Morgan fingerprint density at radius 1 is 0.974 bits per heavy atom. The maximum atomic E-state index is 12.9. The Bertz CT molecular complexity index is 1550. The highest BCUT2D eigenvalue weighted by Crippen LogP contribution is 2.46. The van der Waals surface area contributed by atoms with E-state index in [9.17, 15) is 4.79 Å². The molecule has 3 fully saturated rings. The number of nitrogens with one attached hydrogen (secondary N) is 2. The van der Waals surface area contributed by atoms with Crippen LogP contribution in [0.15, 0.2) is 60.9 Å². The van der Waals surface area contributed by atoms with E-state index in [1.807, 2.05) is 36.1 Å². The second kappa shape index (κ2) is 9.93. The smallest absolute Gasteiger partial charge is 0.232 e. The van der Waals surface area contributed by atoms with Gasteiger partial charge in [0.15, 0.2) is 0 Å². The minimum atomic E-state index is 0.194. The van der Waals surface area contributed by atoms with Crippen molar-refractivity contribution in [1.29, 1.82) is 0 Å². The zero-order valence-corrected chi connectivity index (χ0v) is 22.1. The summed E-state index contributed by atoms with van der Waals surface area (Å²) in [7, 11) is 0. The molecule has 0 radical (unpaired) electrons. The minimum Gasteiger partial charge on any atom is -0.437 e. The number of piperidine rings is 1. The number of aryl methyl sites for hydroxylation is 1. The molecule has 2 N–H and O–H groups in total. The number of fused-ring (bicyclic) bond motifs is 2. The van der Waals surface area contributed by atoms with Gasteiger partial charge in [0.1, 0.15) is 5.75 Å². The van der Waals surface area contributed by atoms with Crippen molar-refractivity contribution in [1.82, 2.24) is 20.3 Å². The average molecular weight is 521 g/mol. The largest absolute Gasteiger partial charge is 0.437 e. The van der Waals surface area contributed by atoms with Crippen molar-refractivity contribution in [2.24, 2.45) is 5.92 Å². The number of aromatic nitrogens is 3. The van der Waals surface area contributed by atoms with Crippen LogP contribution in [0.1, 0.15) is 37.7 Å². The summed E-state index contributed by atoms with van der Waals surface area (Å²) in [5, 5.41) is 8.87. The summed E-state index contributed by atoms with van der Waals surface area (Å²) in [6, 6.07) is 16.7. The Kier molecular flexibility index (Phi) is 6.12. The van der Waals surface area contributed by atoms with E-state index in [2.05, 4.69) is 44.9 Å². The molecule has 0 spiro atoms. The maximum Gasteiger partial charge on any atom is 0.232 e. The van der Waals surface area contributed by atoms with Crippen molar-refractivity contribution in [3.05, 3.63) is 66.5 Å². The fourth-order valence-electron chi connectivity index (χ4n) is 6.36. The molecule has 1 saturated carbocycles. The molecule has 8 heteroatoms. The van der Waals surface area contributed by atoms with E-state index >= 15 is 0 Å². The van der Waals surface area contributed by atoms with Crippen LogP contribution in [0.3, 0.4) is 0 Å². The highest BCUT2D eigenvalue weighted by molar-refractivity contribution is 6.10. The molecule has 3 unspecified atom stereocenters. The highest BCUT2D eigenvalue weighted by Gasteiger charge is 2.50. The minimum absolute atomic E-state index is 0.194. The van der Waals surface area contributed by atoms with Crippen molar-refractivity contribution in [3.8, 4) is 22.9 Å². The maximum absolute atomic E-state index is 12.9. The molecule has 2 saturated heterocycles. The SMILES string of the molecule is Cc1ccc2c(N3C(=O)C4CCCC43)cccc2c1Oc1ncccc1-c1ccnc(NC2CCCNC2)n1. The number of anilines is 2. The number of ether oxygens (including phenoxy) is 1. The standard InChI is InChI=1S/C31H32N6O2/c1-19-12-13-21-22(7-2-10-26(21)37-27-11-3-8-24(27)30(37)38)28(19)39-29-23(9-5-16-33-29)25-14-17-34-31(36-25)35-20-6-4-15-32-18-20/h2,5,7,9-10,12-14,16-17,20,24,27,32H,3-4,6,8,11,15,18H2,1H3,(H,34,35,36). The Balaban J connectivity index is 1.23. The molecule has 4 heterocycles. The van der Waals surface area contributed by atoms with Crippen LogP contribution in [-0.2, 0) is 4.79 Å². The van der Waals surface area contributed by atoms with Crippen LogP contribution in [0, 0.1) is 12.8 Å². The van der Waals surface area contributed by atoms with Gasteiger partial charge in [0.2, 0.25) is 17.7 Å². The second-order valence-electron chi connectivity index (χ2n) is 10.8. The van der Waals surface area contributed by atoms with Crippen molar-refractivity contribution in [2.75, 3.05) is 23.3 Å². The zero-order valence-electron chi connectivity index (χ0n) is 22.1. The van der Waals surface area contributed by atoms with Crippen LogP contribution in [-0.4, -0.2) is 46.0 Å². The summed E-state index contributed by atoms with van der Waals surface area (Å²) < 4.78 is 6.59. The first kappa shape index (κ1) is 24.0. The van der Waals surface area contributed by atoms with E-state index in [1.54, 1.807) is 12.4 Å². The third-order valence-electron chi connectivity index (χ3n) is 8.34. The van der Waals surface area contributed by atoms with Crippen LogP contribution in [0.4, 0.5) is 11.6 Å². The number of carbonyl (C=O) groups is 1. The average Bonchev–Trinajstić information content (AvgIpc) is 3.40. The molecular weight excluding hydrogens is 488 g/mol. The van der Waals surface area contributed by atoms with Crippen LogP contribution in [0.5, 0.6) is 11.6 Å². The van der Waals surface area contributed by atoms with Crippen LogP contribution in [0.2, 0.25) is 0 Å². The summed E-state index contributed by atoms with van der Waals surface area (Å²) in [6.07, 6.45) is 8.94. The van der Waals surface area contributed by atoms with Gasteiger partial charge >= 0.3 is 0 Å². The van der Waals surface area contributed by atoms with Crippen LogP contribution >= 0.6 is 0 Å². The fourth-order valence-corrected chi connectivity index (χ4v) is 6.36. The zero-order chi connectivity index (χ0) is 26.3. The van der Waals surface area contributed by atoms with E-state index in [-0.39, 0.29) is 11.8 Å². The number of amides is 1. The molecule has 2 aliphatic heterocycles. The Morgan fingerprint density at radius 3 is 2.82 bits per heavy atom. The van der Waals surface area contributed by atoms with Gasteiger partial charge in [-0.2, -0.15) is 0 Å². The first-order valence-electron chi connectivity index (χ1n) is 14.0. The predicted octanol–water partition coefficient (Wildman–Crippen LogP) is 5.47. The number of hydrogen-bond donors (Lipinski definition) is 2. The quantitative estimate of drug-likeness (QED) is 0.326. The van der Waals surface area contributed by atoms with E-state index in [4.69, 9.17) is 9.72 Å². The third-order valence-corrected chi connectivity index (χ3v) is 8.34. The van der Waals surface area contributed by atoms with Crippen LogP contribution in [0.25, 0.3) is 22.0 Å². The number of rotatable bonds is 6. The van der Waals surface area contributed by atoms with Gasteiger partial charge in [-0.3, -0.25) is 4.79 Å². The fraction of sp³-hybridized carbons (Fsp3) is 0.355. The highest BCUT2D eigenvalue weighted by atomic mass is 16.5. The molecule has 39 heavy (non-hydrogen) atoms. The van der Waals surface area contributed by atoms with E-state index in [0.717, 1.165) is 84.2 Å². The molecule has 7 rings (SSSR count). The Morgan fingerprint density at radius 2 is 1.92 bits per heavy atom. The summed E-state index contributed by atoms with van der Waals surface area (Å²) in [5.74, 6) is 2.27. The van der Waals surface area contributed by atoms with E-state index in [1.165, 1.54) is 0 Å². The third kappa shape index (κ3) is 4.29. The van der Waals surface area contributed by atoms with Crippen LogP contribution < -0.4 is 20.3 Å². The van der Waals surface area contributed by atoms with Crippen molar-refractivity contribution < 1.29 is 9.53 Å². The molecule has 2 aromatic heterocycles. The number of nitrogens with zero attached hydrogens (tertiary/aromatic N) is 4. The second-order valence-corrected chi connectivity index (χ2v) is 10.8. The van der Waals surface area contributed by atoms with Gasteiger partial charge in [0.25, 0.3) is 0 Å². The number of hydrogen-bond acceptors (Lipinski definition) is 7. The molecule has 198 valence electrons.